The van der Waals surface area contributed by atoms with E-state index >= 15 is 0 Å². The number of methoxy groups -OCH3 is 1. The van der Waals surface area contributed by atoms with Crippen LogP contribution in [0, 0.1) is 0 Å². The highest BCUT2D eigenvalue weighted by Crippen LogP contribution is 2.36. The number of hydrogen-bond acceptors (Lipinski definition) is 6. The van der Waals surface area contributed by atoms with Crippen molar-refractivity contribution < 1.29 is 30.3 Å². The first-order chi connectivity index (χ1) is 13.2. The summed E-state index contributed by atoms with van der Waals surface area (Å²) in [6, 6.07) is 6.21. The Balaban J connectivity index is 0.000000458. The summed E-state index contributed by atoms with van der Waals surface area (Å²) in [7, 11) is 3.99. The maximum absolute atomic E-state index is 9.32. The number of aryl methyl sites for hydroxylation is 2. The van der Waals surface area contributed by atoms with Gasteiger partial charge in [-0.05, 0) is 48.2 Å². The van der Waals surface area contributed by atoms with Crippen LogP contribution in [-0.2, 0) is 12.8 Å². The topological polar surface area (TPSA) is 110 Å². The van der Waals surface area contributed by atoms with Crippen molar-refractivity contribution in [2.45, 2.75) is 39.5 Å². The van der Waals surface area contributed by atoms with Crippen LogP contribution in [0.5, 0.6) is 34.5 Å². The molecule has 2 aromatic rings. The lowest BCUT2D eigenvalue weighted by Gasteiger charge is -2.07. The smallest absolute Gasteiger partial charge is 0.200 e. The van der Waals surface area contributed by atoms with Crippen LogP contribution >= 0.6 is 17.8 Å². The molecule has 0 heterocycles. The second-order valence-electron chi connectivity index (χ2n) is 5.65. The molecule has 0 bridgehead atoms. The number of phenolic OH excluding ortho intramolecular Hbond substituents is 5. The summed E-state index contributed by atoms with van der Waals surface area (Å²) in [5, 5.41) is 45.8. The molecule has 6 nitrogen and oxygen atoms in total. The van der Waals surface area contributed by atoms with Gasteiger partial charge < -0.3 is 30.3 Å². The van der Waals surface area contributed by atoms with Gasteiger partial charge in [-0.2, -0.15) is 0 Å². The Kier molecular flexibility index (Phi) is 11.4. The minimum atomic E-state index is -0.449. The van der Waals surface area contributed by atoms with Gasteiger partial charge in [-0.25, -0.2) is 0 Å². The van der Waals surface area contributed by atoms with Gasteiger partial charge in [0.2, 0.25) is 5.75 Å². The standard InChI is InChI=1S/C10H14O3.C9H12O3.H4P2/c1-3-4-7-5-8(11)10(12)9(6-7)13-2;1-2-3-6-4-7(10)9(12)8(11)5-6;1-2/h5-6,11-12H,3-4H2,1-2H3;4-5,10-12H,2-3H2,1H3;1-2H2/i;;1T. The molecule has 2 aromatic carbocycles. The molecule has 5 N–H and O–H groups in total. The molecule has 0 aromatic heterocycles. The van der Waals surface area contributed by atoms with E-state index in [4.69, 9.17) is 21.3 Å². The van der Waals surface area contributed by atoms with Crippen molar-refractivity contribution in [2.24, 2.45) is 0 Å². The molecule has 2 rings (SSSR count). The highest BCUT2D eigenvalue weighted by atomic mass is 32.0. The van der Waals surface area contributed by atoms with Gasteiger partial charge in [-0.15, -0.1) is 17.8 Å². The predicted octanol–water partition coefficient (Wildman–Crippen LogP) is 4.47. The van der Waals surface area contributed by atoms with Crippen molar-refractivity contribution in [1.82, 2.24) is 0 Å². The van der Waals surface area contributed by atoms with Crippen molar-refractivity contribution in [3.05, 3.63) is 35.4 Å². The van der Waals surface area contributed by atoms with Crippen molar-refractivity contribution in [3.8, 4) is 34.5 Å². The summed E-state index contributed by atoms with van der Waals surface area (Å²) in [6.07, 6.45) is 3.57. The highest BCUT2D eigenvalue weighted by Gasteiger charge is 2.08. The number of hydrogen-bond donors (Lipinski definition) is 5. The Bertz CT molecular complexity index is 705. The molecule has 0 saturated carbocycles. The van der Waals surface area contributed by atoms with Gasteiger partial charge in [0.15, 0.2) is 28.7 Å². The van der Waals surface area contributed by atoms with E-state index in [0.717, 1.165) is 36.8 Å². The lowest BCUT2D eigenvalue weighted by atomic mass is 10.1. The Hall–Kier alpha value is -1.90. The van der Waals surface area contributed by atoms with Gasteiger partial charge in [-0.1, -0.05) is 26.7 Å². The maximum Gasteiger partial charge on any atom is 0.200 e. The van der Waals surface area contributed by atoms with Crippen LogP contribution in [0.3, 0.4) is 0 Å². The fraction of sp³-hybridized carbons (Fsp3) is 0.368. The third-order valence-corrected chi connectivity index (χ3v) is 3.54. The van der Waals surface area contributed by atoms with E-state index in [9.17, 15) is 10.2 Å². The van der Waals surface area contributed by atoms with Gasteiger partial charge in [-0.3, -0.25) is 0 Å². The number of ether oxygens (including phenoxy) is 1. The zero-order chi connectivity index (χ0) is 21.7. The molecule has 2 atom stereocenters. The predicted molar refractivity (Wildman–Crippen MR) is 115 cm³/mol. The molecule has 0 aliphatic carbocycles. The molecule has 2 unspecified atom stereocenters. The molecular weight excluding hydrogens is 386 g/mol. The van der Waals surface area contributed by atoms with Gasteiger partial charge in [0, 0.05) is 0 Å². The first-order valence-corrected chi connectivity index (χ1v) is 10.8. The van der Waals surface area contributed by atoms with E-state index in [1.54, 1.807) is 12.1 Å². The summed E-state index contributed by atoms with van der Waals surface area (Å²) >= 11 is 0. The van der Waals surface area contributed by atoms with E-state index in [2.05, 4.69) is 15.9 Å². The molecule has 0 saturated heterocycles. The molecule has 0 amide bonds. The quantitative estimate of drug-likeness (QED) is 0.362. The minimum absolute atomic E-state index is 0.122. The second-order valence-corrected chi connectivity index (χ2v) is 5.65. The number of aromatic hydroxyl groups is 5. The van der Waals surface area contributed by atoms with Crippen molar-refractivity contribution in [3.63, 3.8) is 0 Å². The van der Waals surface area contributed by atoms with Crippen LogP contribution in [0.15, 0.2) is 24.3 Å². The number of rotatable bonds is 5. The third-order valence-electron chi connectivity index (χ3n) is 3.54. The van der Waals surface area contributed by atoms with E-state index in [0.29, 0.717) is 5.75 Å². The van der Waals surface area contributed by atoms with E-state index in [-0.39, 0.29) is 31.9 Å². The fourth-order valence-corrected chi connectivity index (χ4v) is 2.33. The summed E-state index contributed by atoms with van der Waals surface area (Å²) in [6.45, 7) is 4.05. The Morgan fingerprint density at radius 1 is 0.815 bits per heavy atom. The molecule has 0 spiro atoms. The molecule has 27 heavy (non-hydrogen) atoms. The van der Waals surface area contributed by atoms with Gasteiger partial charge >= 0.3 is 0 Å². The number of phenols is 5. The summed E-state index contributed by atoms with van der Waals surface area (Å²) in [5.41, 5.74) is 1.79. The van der Waals surface area contributed by atoms with Crippen LogP contribution in [0.1, 0.15) is 37.8 Å². The normalized spacial score (nSPS) is 10.4. The van der Waals surface area contributed by atoms with Crippen molar-refractivity contribution in [2.75, 3.05) is 7.11 Å². The maximum atomic E-state index is 9.32. The zero-order valence-electron chi connectivity index (χ0n) is 16.9. The molecule has 8 heteroatoms. The average molecular weight is 418 g/mol. The summed E-state index contributed by atoms with van der Waals surface area (Å²) in [4.78, 5) is 0. The molecule has 0 aliphatic heterocycles. The molecule has 0 aliphatic rings. The largest absolute Gasteiger partial charge is 0.504 e. The molecule has 0 radical (unpaired) electrons. The van der Waals surface area contributed by atoms with Gasteiger partial charge in [0.05, 0.1) is 8.39 Å². The fourth-order valence-electron chi connectivity index (χ4n) is 2.33. The van der Waals surface area contributed by atoms with E-state index in [1.165, 1.54) is 19.2 Å². The van der Waals surface area contributed by atoms with E-state index < -0.39 is 5.75 Å². The van der Waals surface area contributed by atoms with Crippen LogP contribution in [-0.4, -0.2) is 33.9 Å². The van der Waals surface area contributed by atoms with Crippen LogP contribution in [0.4, 0.5) is 0 Å². The first-order valence-electron chi connectivity index (χ1n) is 8.95. The van der Waals surface area contributed by atoms with Crippen molar-refractivity contribution >= 4 is 17.8 Å². The van der Waals surface area contributed by atoms with Crippen LogP contribution < -0.4 is 4.74 Å². The van der Waals surface area contributed by atoms with Gasteiger partial charge in [0.1, 0.15) is 0 Å². The van der Waals surface area contributed by atoms with Crippen molar-refractivity contribution in [1.29, 1.82) is 1.28 Å². The lowest BCUT2D eigenvalue weighted by molar-refractivity contribution is 0.350. The lowest BCUT2D eigenvalue weighted by Crippen LogP contribution is -1.88. The third kappa shape index (κ3) is 8.11. The van der Waals surface area contributed by atoms with Crippen LogP contribution in [0.25, 0.3) is 0 Å². The van der Waals surface area contributed by atoms with Gasteiger partial charge in [0.25, 0.3) is 0 Å². The Morgan fingerprint density at radius 2 is 1.19 bits per heavy atom. The Morgan fingerprint density at radius 3 is 1.56 bits per heavy atom. The SMILES string of the molecule is CCCc1cc(O)c(O)c(O)c1.CCCc1cc(O)c(O)c(OC)c1.[3H]PP. The Labute approximate surface area is 166 Å². The molecule has 152 valence electrons. The number of benzene rings is 2. The zero-order valence-corrected chi connectivity index (χ0v) is 18.0. The highest BCUT2D eigenvalue weighted by molar-refractivity contribution is 7.92. The van der Waals surface area contributed by atoms with E-state index in [1.807, 2.05) is 6.92 Å². The minimum Gasteiger partial charge on any atom is -0.504 e. The second kappa shape index (κ2) is 13.3. The molecular formula is C19H30O6P2. The monoisotopic (exact) mass is 418 g/mol. The summed E-state index contributed by atoms with van der Waals surface area (Å²) < 4.78 is 11.1. The van der Waals surface area contributed by atoms with Crippen LogP contribution in [0.2, 0.25) is 0 Å². The summed E-state index contributed by atoms with van der Waals surface area (Å²) in [5.74, 6) is -0.972. The average Bonchev–Trinajstić information content (AvgIpc) is 2.64. The molecule has 0 fully saturated rings. The first kappa shape index (κ1) is 23.1.